The lowest BCUT2D eigenvalue weighted by atomic mass is 9.57. The highest BCUT2D eigenvalue weighted by Gasteiger charge is 2.80. The van der Waals surface area contributed by atoms with E-state index < -0.39 is 75.8 Å². The Morgan fingerprint density at radius 2 is 1.53 bits per heavy atom. The van der Waals surface area contributed by atoms with Crippen molar-refractivity contribution in [2.75, 3.05) is 7.11 Å². The van der Waals surface area contributed by atoms with Gasteiger partial charge in [0.05, 0.1) is 23.4 Å². The van der Waals surface area contributed by atoms with E-state index in [1.165, 1.54) is 21.0 Å². The molecule has 0 aliphatic heterocycles. The van der Waals surface area contributed by atoms with Gasteiger partial charge in [0, 0.05) is 43.6 Å². The number of fused-ring (bicyclic) bond motifs is 2. The second kappa shape index (κ2) is 7.62. The summed E-state index contributed by atoms with van der Waals surface area (Å²) in [5.41, 5.74) is -6.82. The molecule has 4 N–H and O–H groups in total. The van der Waals surface area contributed by atoms with Crippen molar-refractivity contribution in [1.82, 2.24) is 0 Å². The van der Waals surface area contributed by atoms with Crippen molar-refractivity contribution in [2.24, 2.45) is 28.6 Å². The highest BCUT2D eigenvalue weighted by molar-refractivity contribution is 5.67. The summed E-state index contributed by atoms with van der Waals surface area (Å²) < 4.78 is 17.3. The standard InChI is InChI=1S/C25H40O9/c1-12(26)33-16-10-24-11-22(5,29)14(20(24)34-13(2)27)8-9-15(24)23(6,30)18-17(32-7)19(28)21(3,4)25(16,18)31/h14-20,28-31H,8-11H2,1-7H3/t14-,15+,16-,17-,18+,19+,20-,22-,23-,24+,25-/m1/s1. The number of rotatable bonds is 3. The SMILES string of the molecule is CO[C@H]1[C@H](O)C(C)(C)[C@@]2(O)[C@H](OC(C)=O)C[C@]34C[C@@](C)(O)[C@H](CC[C@H]3[C@@](C)(O)[C@H]12)[C@H]4OC(C)=O. The number of hydrogen-bond acceptors (Lipinski definition) is 9. The molecule has 4 saturated carbocycles. The van der Waals surface area contributed by atoms with Gasteiger partial charge in [0.2, 0.25) is 0 Å². The van der Waals surface area contributed by atoms with Gasteiger partial charge in [-0.3, -0.25) is 9.59 Å². The molecule has 0 heterocycles. The molecule has 4 aliphatic rings. The molecular formula is C25H40O9. The largest absolute Gasteiger partial charge is 0.462 e. The van der Waals surface area contributed by atoms with Crippen LogP contribution >= 0.6 is 0 Å². The van der Waals surface area contributed by atoms with Crippen molar-refractivity contribution in [3.05, 3.63) is 0 Å². The molecule has 0 aromatic carbocycles. The molecule has 2 bridgehead atoms. The Kier molecular flexibility index (Phi) is 5.79. The van der Waals surface area contributed by atoms with Crippen molar-refractivity contribution < 1.29 is 44.2 Å². The molecule has 4 fully saturated rings. The van der Waals surface area contributed by atoms with Gasteiger partial charge >= 0.3 is 11.9 Å². The van der Waals surface area contributed by atoms with Gasteiger partial charge in [-0.15, -0.1) is 0 Å². The van der Waals surface area contributed by atoms with Crippen LogP contribution in [0.15, 0.2) is 0 Å². The fraction of sp³-hybridized carbons (Fsp3) is 0.920. The minimum atomic E-state index is -1.86. The molecule has 4 rings (SSSR count). The minimum absolute atomic E-state index is 0.0670. The van der Waals surface area contributed by atoms with Gasteiger partial charge in [0.15, 0.2) is 0 Å². The van der Waals surface area contributed by atoms with Crippen molar-refractivity contribution in [3.63, 3.8) is 0 Å². The summed E-state index contributed by atoms with van der Waals surface area (Å²) in [4.78, 5) is 24.5. The summed E-state index contributed by atoms with van der Waals surface area (Å²) in [7, 11) is 1.42. The first kappa shape index (κ1) is 25.8. The monoisotopic (exact) mass is 484 g/mol. The molecule has 0 aromatic heterocycles. The first-order chi connectivity index (χ1) is 15.5. The molecule has 0 aromatic rings. The predicted molar refractivity (Wildman–Crippen MR) is 119 cm³/mol. The Bertz CT molecular complexity index is 866. The van der Waals surface area contributed by atoms with Gasteiger partial charge in [0.1, 0.15) is 17.8 Å². The molecule has 9 heteroatoms. The summed E-state index contributed by atoms with van der Waals surface area (Å²) in [6, 6.07) is 0. The zero-order valence-electron chi connectivity index (χ0n) is 21.2. The molecule has 0 saturated heterocycles. The van der Waals surface area contributed by atoms with Gasteiger partial charge in [-0.1, -0.05) is 13.8 Å². The van der Waals surface area contributed by atoms with Gasteiger partial charge < -0.3 is 34.6 Å². The van der Waals surface area contributed by atoms with E-state index in [0.717, 1.165) is 0 Å². The molecule has 11 atom stereocenters. The summed E-state index contributed by atoms with van der Waals surface area (Å²) in [6.45, 7) is 9.27. The van der Waals surface area contributed by atoms with Crippen LogP contribution in [-0.2, 0) is 23.8 Å². The molecular weight excluding hydrogens is 444 g/mol. The number of carbonyl (C=O) groups is 2. The fourth-order valence-electron chi connectivity index (χ4n) is 8.81. The highest BCUT2D eigenvalue weighted by atomic mass is 16.6. The second-order valence-electron chi connectivity index (χ2n) is 12.2. The second-order valence-corrected chi connectivity index (χ2v) is 12.2. The van der Waals surface area contributed by atoms with Crippen LogP contribution < -0.4 is 0 Å². The number of aliphatic hydroxyl groups is 4. The Balaban J connectivity index is 1.99. The molecule has 1 spiro atoms. The van der Waals surface area contributed by atoms with Crippen LogP contribution in [0.4, 0.5) is 0 Å². The Morgan fingerprint density at radius 1 is 0.941 bits per heavy atom. The number of carbonyl (C=O) groups excluding carboxylic acids is 2. The molecule has 0 radical (unpaired) electrons. The molecule has 0 amide bonds. The van der Waals surface area contributed by atoms with Gasteiger partial charge in [-0.05, 0) is 45.4 Å². The van der Waals surface area contributed by atoms with Gasteiger partial charge in [0.25, 0.3) is 0 Å². The molecule has 4 aliphatic carbocycles. The van der Waals surface area contributed by atoms with Crippen molar-refractivity contribution in [2.45, 2.75) is 108 Å². The molecule has 0 unspecified atom stereocenters. The molecule has 9 nitrogen and oxygen atoms in total. The zero-order chi connectivity index (χ0) is 25.6. The average Bonchev–Trinajstić information content (AvgIpc) is 2.88. The van der Waals surface area contributed by atoms with Crippen LogP contribution in [-0.4, -0.2) is 80.7 Å². The topological polar surface area (TPSA) is 143 Å². The molecule has 34 heavy (non-hydrogen) atoms. The van der Waals surface area contributed by atoms with Crippen LogP contribution in [0, 0.1) is 28.6 Å². The van der Waals surface area contributed by atoms with E-state index in [1.54, 1.807) is 27.7 Å². The van der Waals surface area contributed by atoms with Gasteiger partial charge in [-0.25, -0.2) is 0 Å². The van der Waals surface area contributed by atoms with Crippen LogP contribution in [0.25, 0.3) is 0 Å². The Labute approximate surface area is 200 Å². The summed E-state index contributed by atoms with van der Waals surface area (Å²) in [6.07, 6.45) is -2.63. The van der Waals surface area contributed by atoms with Crippen molar-refractivity contribution >= 4 is 11.9 Å². The smallest absolute Gasteiger partial charge is 0.303 e. The Hall–Kier alpha value is -1.26. The first-order valence-electron chi connectivity index (χ1n) is 12.2. The zero-order valence-corrected chi connectivity index (χ0v) is 21.2. The summed E-state index contributed by atoms with van der Waals surface area (Å²) >= 11 is 0. The first-order valence-corrected chi connectivity index (χ1v) is 12.2. The maximum absolute atomic E-state index is 12.5. The van der Waals surface area contributed by atoms with E-state index in [9.17, 15) is 30.0 Å². The number of methoxy groups -OCH3 is 1. The third-order valence-electron chi connectivity index (χ3n) is 10.0. The fourth-order valence-corrected chi connectivity index (χ4v) is 8.81. The minimum Gasteiger partial charge on any atom is -0.462 e. The van der Waals surface area contributed by atoms with E-state index >= 15 is 0 Å². The average molecular weight is 485 g/mol. The van der Waals surface area contributed by atoms with E-state index in [0.29, 0.717) is 12.8 Å². The van der Waals surface area contributed by atoms with Crippen molar-refractivity contribution in [3.8, 4) is 0 Å². The van der Waals surface area contributed by atoms with E-state index in [4.69, 9.17) is 14.2 Å². The lowest BCUT2D eigenvalue weighted by Crippen LogP contribution is -2.62. The lowest BCUT2D eigenvalue weighted by Gasteiger charge is -2.52. The summed E-state index contributed by atoms with van der Waals surface area (Å²) in [5, 5.41) is 47.4. The molecule has 194 valence electrons. The van der Waals surface area contributed by atoms with Crippen LogP contribution in [0.5, 0.6) is 0 Å². The number of ether oxygens (including phenoxy) is 3. The third kappa shape index (κ3) is 3.09. The predicted octanol–water partition coefficient (Wildman–Crippen LogP) is 0.935. The normalized spacial score (nSPS) is 53.4. The van der Waals surface area contributed by atoms with E-state index in [-0.39, 0.29) is 18.8 Å². The maximum Gasteiger partial charge on any atom is 0.303 e. The van der Waals surface area contributed by atoms with Crippen LogP contribution in [0.1, 0.15) is 67.2 Å². The highest BCUT2D eigenvalue weighted by Crippen LogP contribution is 2.71. The van der Waals surface area contributed by atoms with Gasteiger partial charge in [-0.2, -0.15) is 0 Å². The summed E-state index contributed by atoms with van der Waals surface area (Å²) in [5.74, 6) is -3.00. The quantitative estimate of drug-likeness (QED) is 0.430. The number of aliphatic hydroxyl groups excluding tert-OH is 1. The van der Waals surface area contributed by atoms with Crippen molar-refractivity contribution in [1.29, 1.82) is 0 Å². The van der Waals surface area contributed by atoms with E-state index in [1.807, 2.05) is 0 Å². The van der Waals surface area contributed by atoms with Crippen LogP contribution in [0.2, 0.25) is 0 Å². The lowest BCUT2D eigenvalue weighted by molar-refractivity contribution is -0.220. The third-order valence-corrected chi connectivity index (χ3v) is 10.0. The van der Waals surface area contributed by atoms with E-state index in [2.05, 4.69) is 0 Å². The Morgan fingerprint density at radius 3 is 2.06 bits per heavy atom. The number of esters is 2. The number of hydrogen-bond donors (Lipinski definition) is 4. The van der Waals surface area contributed by atoms with Crippen LogP contribution in [0.3, 0.4) is 0 Å². The maximum atomic E-state index is 12.5.